The van der Waals surface area contributed by atoms with E-state index in [0.717, 1.165) is 16.8 Å². The van der Waals surface area contributed by atoms with Gasteiger partial charge in [-0.1, -0.05) is 17.7 Å². The lowest BCUT2D eigenvalue weighted by Gasteiger charge is -2.26. The maximum absolute atomic E-state index is 12.0. The SMILES string of the molecule is CC(=O)N(CC(=O)NC(C)(C)C)c1ccc(C)cc1C. The molecule has 0 fully saturated rings. The van der Waals surface area contributed by atoms with Crippen LogP contribution in [0.2, 0.25) is 0 Å². The Morgan fingerprint density at radius 3 is 2.25 bits per heavy atom. The largest absolute Gasteiger partial charge is 0.350 e. The van der Waals surface area contributed by atoms with Crippen molar-refractivity contribution in [1.82, 2.24) is 5.32 Å². The van der Waals surface area contributed by atoms with Crippen molar-refractivity contribution in [3.05, 3.63) is 29.3 Å². The van der Waals surface area contributed by atoms with Crippen LogP contribution in [-0.4, -0.2) is 23.9 Å². The van der Waals surface area contributed by atoms with E-state index in [1.807, 2.05) is 52.8 Å². The quantitative estimate of drug-likeness (QED) is 0.922. The van der Waals surface area contributed by atoms with Crippen molar-refractivity contribution in [1.29, 1.82) is 0 Å². The smallest absolute Gasteiger partial charge is 0.240 e. The van der Waals surface area contributed by atoms with Crippen molar-refractivity contribution in [2.24, 2.45) is 0 Å². The molecule has 0 aliphatic heterocycles. The van der Waals surface area contributed by atoms with Crippen LogP contribution in [0.3, 0.4) is 0 Å². The molecule has 20 heavy (non-hydrogen) atoms. The van der Waals surface area contributed by atoms with E-state index in [4.69, 9.17) is 0 Å². The minimum atomic E-state index is -0.304. The maximum Gasteiger partial charge on any atom is 0.240 e. The Morgan fingerprint density at radius 1 is 1.20 bits per heavy atom. The summed E-state index contributed by atoms with van der Waals surface area (Å²) in [5.74, 6) is -0.298. The number of aryl methyl sites for hydroxylation is 2. The molecule has 4 nitrogen and oxygen atoms in total. The topological polar surface area (TPSA) is 49.4 Å². The Morgan fingerprint density at radius 2 is 1.80 bits per heavy atom. The molecule has 4 heteroatoms. The summed E-state index contributed by atoms with van der Waals surface area (Å²) in [5, 5.41) is 2.87. The molecular weight excluding hydrogens is 252 g/mol. The fourth-order valence-corrected chi connectivity index (χ4v) is 2.08. The first kappa shape index (κ1) is 16.2. The van der Waals surface area contributed by atoms with Crippen LogP contribution in [0.15, 0.2) is 18.2 Å². The van der Waals surface area contributed by atoms with Crippen molar-refractivity contribution >= 4 is 17.5 Å². The Hall–Kier alpha value is -1.84. The fourth-order valence-electron chi connectivity index (χ4n) is 2.08. The van der Waals surface area contributed by atoms with E-state index in [-0.39, 0.29) is 23.9 Å². The van der Waals surface area contributed by atoms with E-state index < -0.39 is 0 Å². The molecule has 0 unspecified atom stereocenters. The second kappa shape index (κ2) is 6.07. The number of amides is 2. The van der Waals surface area contributed by atoms with Gasteiger partial charge in [-0.3, -0.25) is 9.59 Å². The Labute approximate surface area is 121 Å². The normalized spacial score (nSPS) is 11.1. The molecule has 2 amide bonds. The zero-order chi connectivity index (χ0) is 15.5. The number of hydrogen-bond acceptors (Lipinski definition) is 2. The standard InChI is InChI=1S/C16H24N2O2/c1-11-7-8-14(12(2)9-11)18(13(3)19)10-15(20)17-16(4,5)6/h7-9H,10H2,1-6H3,(H,17,20). The minimum absolute atomic E-state index is 0.0382. The minimum Gasteiger partial charge on any atom is -0.350 e. The van der Waals surface area contributed by atoms with Crippen molar-refractivity contribution in [2.75, 3.05) is 11.4 Å². The average Bonchev–Trinajstić information content (AvgIpc) is 2.23. The van der Waals surface area contributed by atoms with Gasteiger partial charge >= 0.3 is 0 Å². The molecule has 0 atom stereocenters. The van der Waals surface area contributed by atoms with Gasteiger partial charge in [-0.05, 0) is 46.2 Å². The average molecular weight is 276 g/mol. The highest BCUT2D eigenvalue weighted by molar-refractivity contribution is 5.98. The first-order valence-electron chi connectivity index (χ1n) is 6.76. The van der Waals surface area contributed by atoms with Crippen molar-refractivity contribution < 1.29 is 9.59 Å². The van der Waals surface area contributed by atoms with Gasteiger partial charge in [-0.25, -0.2) is 0 Å². The van der Waals surface area contributed by atoms with Crippen molar-refractivity contribution in [3.63, 3.8) is 0 Å². The van der Waals surface area contributed by atoms with E-state index in [1.54, 1.807) is 0 Å². The lowest BCUT2D eigenvalue weighted by molar-refractivity contribution is -0.124. The lowest BCUT2D eigenvalue weighted by Crippen LogP contribution is -2.47. The molecular formula is C16H24N2O2. The van der Waals surface area contributed by atoms with Crippen LogP contribution in [0, 0.1) is 13.8 Å². The van der Waals surface area contributed by atoms with Crippen molar-refractivity contribution in [2.45, 2.75) is 47.1 Å². The predicted molar refractivity (Wildman–Crippen MR) is 81.8 cm³/mol. The molecule has 1 aromatic carbocycles. The number of carbonyl (C=O) groups is 2. The van der Waals surface area contributed by atoms with E-state index in [1.165, 1.54) is 11.8 Å². The predicted octanol–water partition coefficient (Wildman–Crippen LogP) is 2.57. The molecule has 0 aromatic heterocycles. The second-order valence-electron chi connectivity index (χ2n) is 6.19. The molecule has 110 valence electrons. The number of benzene rings is 1. The Balaban J connectivity index is 2.96. The summed E-state index contributed by atoms with van der Waals surface area (Å²) in [6.45, 7) is 11.2. The van der Waals surface area contributed by atoms with Gasteiger partial charge in [-0.2, -0.15) is 0 Å². The van der Waals surface area contributed by atoms with Crippen LogP contribution >= 0.6 is 0 Å². The molecule has 0 aliphatic carbocycles. The van der Waals surface area contributed by atoms with Gasteiger partial charge in [0.2, 0.25) is 11.8 Å². The molecule has 0 aliphatic rings. The molecule has 0 saturated carbocycles. The van der Waals surface area contributed by atoms with Gasteiger partial charge in [0.25, 0.3) is 0 Å². The van der Waals surface area contributed by atoms with Crippen LogP contribution in [0.25, 0.3) is 0 Å². The summed E-state index contributed by atoms with van der Waals surface area (Å²) in [6.07, 6.45) is 0. The summed E-state index contributed by atoms with van der Waals surface area (Å²) < 4.78 is 0. The highest BCUT2D eigenvalue weighted by atomic mass is 16.2. The van der Waals surface area contributed by atoms with Crippen LogP contribution in [-0.2, 0) is 9.59 Å². The van der Waals surface area contributed by atoms with Gasteiger partial charge < -0.3 is 10.2 Å². The summed E-state index contributed by atoms with van der Waals surface area (Å²) in [5.41, 5.74) is 2.60. The van der Waals surface area contributed by atoms with Gasteiger partial charge in [0, 0.05) is 18.2 Å². The van der Waals surface area contributed by atoms with E-state index in [0.29, 0.717) is 0 Å². The first-order valence-corrected chi connectivity index (χ1v) is 6.76. The molecule has 1 N–H and O–H groups in total. The third-order valence-electron chi connectivity index (χ3n) is 2.84. The fraction of sp³-hybridized carbons (Fsp3) is 0.500. The molecule has 1 rings (SSSR count). The Bertz CT molecular complexity index is 516. The van der Waals surface area contributed by atoms with E-state index >= 15 is 0 Å². The second-order valence-corrected chi connectivity index (χ2v) is 6.19. The highest BCUT2D eigenvalue weighted by Gasteiger charge is 2.20. The summed E-state index contributed by atoms with van der Waals surface area (Å²) in [6, 6.07) is 5.84. The Kier molecular flexibility index (Phi) is 4.93. The highest BCUT2D eigenvalue weighted by Crippen LogP contribution is 2.21. The number of nitrogens with zero attached hydrogens (tertiary/aromatic N) is 1. The van der Waals surface area contributed by atoms with Crippen LogP contribution in [0.1, 0.15) is 38.8 Å². The number of anilines is 1. The first-order chi connectivity index (χ1) is 9.10. The zero-order valence-electron chi connectivity index (χ0n) is 13.2. The molecule has 0 saturated heterocycles. The molecule has 0 radical (unpaired) electrons. The summed E-state index contributed by atoms with van der Waals surface area (Å²) in [4.78, 5) is 25.4. The molecule has 0 bridgehead atoms. The molecule has 1 aromatic rings. The van der Waals surface area contributed by atoms with Gasteiger partial charge in [0.05, 0.1) is 0 Å². The van der Waals surface area contributed by atoms with Crippen molar-refractivity contribution in [3.8, 4) is 0 Å². The van der Waals surface area contributed by atoms with Crippen LogP contribution < -0.4 is 10.2 Å². The van der Waals surface area contributed by atoms with E-state index in [9.17, 15) is 9.59 Å². The van der Waals surface area contributed by atoms with Gasteiger partial charge in [0.1, 0.15) is 6.54 Å². The lowest BCUT2D eigenvalue weighted by atomic mass is 10.1. The number of nitrogens with one attached hydrogen (secondary N) is 1. The van der Waals surface area contributed by atoms with Crippen LogP contribution in [0.4, 0.5) is 5.69 Å². The third kappa shape index (κ3) is 4.68. The van der Waals surface area contributed by atoms with E-state index in [2.05, 4.69) is 5.32 Å². The summed E-state index contributed by atoms with van der Waals surface area (Å²) >= 11 is 0. The number of hydrogen-bond donors (Lipinski definition) is 1. The zero-order valence-corrected chi connectivity index (χ0v) is 13.2. The van der Waals surface area contributed by atoms with Gasteiger partial charge in [0.15, 0.2) is 0 Å². The van der Waals surface area contributed by atoms with Crippen LogP contribution in [0.5, 0.6) is 0 Å². The molecule has 0 heterocycles. The third-order valence-corrected chi connectivity index (χ3v) is 2.84. The maximum atomic E-state index is 12.0. The summed E-state index contributed by atoms with van der Waals surface area (Å²) in [7, 11) is 0. The number of rotatable bonds is 3. The molecule has 0 spiro atoms. The monoisotopic (exact) mass is 276 g/mol. The number of carbonyl (C=O) groups excluding carboxylic acids is 2. The van der Waals surface area contributed by atoms with Gasteiger partial charge in [-0.15, -0.1) is 0 Å².